The van der Waals surface area contributed by atoms with Crippen LogP contribution in [0.15, 0.2) is 24.3 Å². The molecule has 1 aromatic carbocycles. The highest BCUT2D eigenvalue weighted by molar-refractivity contribution is 6.15. The van der Waals surface area contributed by atoms with E-state index in [1.54, 1.807) is 53.7 Å². The number of hydrogen-bond acceptors (Lipinski definition) is 5. The fraction of sp³-hybridized carbons (Fsp3) is 0.526. The highest BCUT2D eigenvalue weighted by atomic mass is 16.6. The lowest BCUT2D eigenvalue weighted by Gasteiger charge is -2.28. The molecular formula is C19H29N3O4. The summed E-state index contributed by atoms with van der Waals surface area (Å²) < 4.78 is 10.5. The summed E-state index contributed by atoms with van der Waals surface area (Å²) in [6, 6.07) is 7.11. The van der Waals surface area contributed by atoms with Crippen molar-refractivity contribution in [2.45, 2.75) is 66.1 Å². The molecule has 0 aliphatic heterocycles. The van der Waals surface area contributed by atoms with Crippen molar-refractivity contribution in [3.05, 3.63) is 29.8 Å². The van der Waals surface area contributed by atoms with Gasteiger partial charge >= 0.3 is 12.2 Å². The van der Waals surface area contributed by atoms with Gasteiger partial charge in [0.05, 0.1) is 5.69 Å². The monoisotopic (exact) mass is 363 g/mol. The number of amides is 2. The maximum absolute atomic E-state index is 12.6. The van der Waals surface area contributed by atoms with Gasteiger partial charge in [-0.2, -0.15) is 0 Å². The maximum atomic E-state index is 12.6. The fourth-order valence-corrected chi connectivity index (χ4v) is 1.97. The molecule has 7 heteroatoms. The molecule has 2 amide bonds. The van der Waals surface area contributed by atoms with Gasteiger partial charge in [-0.25, -0.2) is 14.5 Å². The van der Waals surface area contributed by atoms with E-state index in [4.69, 9.17) is 14.9 Å². The number of nitrogens with zero attached hydrogens (tertiary/aromatic N) is 1. The number of carbonyl (C=O) groups is 2. The number of carbonyl (C=O) groups excluding carboxylic acids is 2. The van der Waals surface area contributed by atoms with Gasteiger partial charge in [-0.05, 0) is 65.7 Å². The van der Waals surface area contributed by atoms with Crippen LogP contribution in [0.3, 0.4) is 0 Å². The van der Waals surface area contributed by atoms with Crippen LogP contribution in [0.4, 0.5) is 15.3 Å². The van der Waals surface area contributed by atoms with Crippen LogP contribution in [0, 0.1) is 5.41 Å². The lowest BCUT2D eigenvalue weighted by molar-refractivity contribution is 0.0559. The number of guanidine groups is 1. The molecule has 0 aliphatic rings. The molecule has 7 nitrogen and oxygen atoms in total. The quantitative estimate of drug-likeness (QED) is 0.600. The van der Waals surface area contributed by atoms with Gasteiger partial charge < -0.3 is 9.47 Å². The Kier molecular flexibility index (Phi) is 6.78. The second kappa shape index (κ2) is 8.21. The lowest BCUT2D eigenvalue weighted by Crippen LogP contribution is -2.49. The molecule has 26 heavy (non-hydrogen) atoms. The Morgan fingerprint density at radius 3 is 1.92 bits per heavy atom. The first-order valence-electron chi connectivity index (χ1n) is 8.53. The van der Waals surface area contributed by atoms with Crippen LogP contribution in [-0.2, 0) is 15.9 Å². The van der Waals surface area contributed by atoms with E-state index in [2.05, 4.69) is 5.32 Å². The smallest absolute Gasteiger partial charge is 0.421 e. The molecule has 0 saturated carbocycles. The second-order valence-electron chi connectivity index (χ2n) is 7.81. The third kappa shape index (κ3) is 7.13. The Morgan fingerprint density at radius 1 is 1.00 bits per heavy atom. The normalized spacial score (nSPS) is 11.5. The number of alkyl carbamates (subject to hydrolysis) is 1. The number of hydrogen-bond donors (Lipinski definition) is 2. The molecule has 0 atom stereocenters. The summed E-state index contributed by atoms with van der Waals surface area (Å²) in [5.74, 6) is -0.447. The van der Waals surface area contributed by atoms with E-state index >= 15 is 0 Å². The van der Waals surface area contributed by atoms with E-state index in [0.717, 1.165) is 16.9 Å². The Labute approximate surface area is 155 Å². The minimum Gasteiger partial charge on any atom is -0.444 e. The number of ether oxygens (including phenoxy) is 2. The van der Waals surface area contributed by atoms with Gasteiger partial charge in [-0.3, -0.25) is 10.7 Å². The SMILES string of the molecule is CCc1ccc(N(C(=N)NC(=O)OC(C)(C)C)C(=O)OC(C)(C)C)cc1. The van der Waals surface area contributed by atoms with E-state index in [0.29, 0.717) is 5.69 Å². The molecule has 1 rings (SSSR count). The molecule has 0 aromatic heterocycles. The number of rotatable bonds is 2. The van der Waals surface area contributed by atoms with Crippen molar-refractivity contribution >= 4 is 23.8 Å². The molecule has 0 aliphatic carbocycles. The minimum absolute atomic E-state index is 0.414. The third-order valence-electron chi connectivity index (χ3n) is 3.02. The van der Waals surface area contributed by atoms with Gasteiger partial charge in [0.2, 0.25) is 5.96 Å². The zero-order valence-corrected chi connectivity index (χ0v) is 16.6. The molecule has 0 heterocycles. The van der Waals surface area contributed by atoms with Gasteiger partial charge in [0.1, 0.15) is 11.2 Å². The van der Waals surface area contributed by atoms with Crippen LogP contribution in [0.25, 0.3) is 0 Å². The molecule has 0 spiro atoms. The predicted octanol–water partition coefficient (Wildman–Crippen LogP) is 4.45. The molecule has 2 N–H and O–H groups in total. The zero-order chi connectivity index (χ0) is 20.1. The van der Waals surface area contributed by atoms with Crippen molar-refractivity contribution in [2.24, 2.45) is 0 Å². The van der Waals surface area contributed by atoms with E-state index in [-0.39, 0.29) is 0 Å². The van der Waals surface area contributed by atoms with Crippen molar-refractivity contribution < 1.29 is 19.1 Å². The maximum Gasteiger partial charge on any atom is 0.421 e. The van der Waals surface area contributed by atoms with Crippen molar-refractivity contribution in [3.63, 3.8) is 0 Å². The molecule has 144 valence electrons. The standard InChI is InChI=1S/C19H29N3O4/c1-8-13-9-11-14(12-10-13)22(17(24)26-19(5,6)7)15(20)21-16(23)25-18(2,3)4/h9-12H,8H2,1-7H3,(H2,20,21,23). The zero-order valence-electron chi connectivity index (χ0n) is 16.6. The Bertz CT molecular complexity index is 655. The van der Waals surface area contributed by atoms with Crippen molar-refractivity contribution in [3.8, 4) is 0 Å². The van der Waals surface area contributed by atoms with Crippen molar-refractivity contribution in [1.82, 2.24) is 5.32 Å². The lowest BCUT2D eigenvalue weighted by atomic mass is 10.1. The summed E-state index contributed by atoms with van der Waals surface area (Å²) in [6.45, 7) is 12.4. The van der Waals surface area contributed by atoms with Gasteiger partial charge in [0.25, 0.3) is 0 Å². The first-order chi connectivity index (χ1) is 11.8. The Morgan fingerprint density at radius 2 is 1.50 bits per heavy atom. The molecule has 0 unspecified atom stereocenters. The average molecular weight is 363 g/mol. The van der Waals surface area contributed by atoms with E-state index in [9.17, 15) is 9.59 Å². The molecular weight excluding hydrogens is 334 g/mol. The van der Waals surface area contributed by atoms with E-state index < -0.39 is 29.3 Å². The summed E-state index contributed by atoms with van der Waals surface area (Å²) in [6.07, 6.45) is -0.732. The largest absolute Gasteiger partial charge is 0.444 e. The van der Waals surface area contributed by atoms with Gasteiger partial charge in [-0.15, -0.1) is 0 Å². The summed E-state index contributed by atoms with van der Waals surface area (Å²) in [5, 5.41) is 10.4. The summed E-state index contributed by atoms with van der Waals surface area (Å²) in [7, 11) is 0. The van der Waals surface area contributed by atoms with Crippen LogP contribution >= 0.6 is 0 Å². The van der Waals surface area contributed by atoms with Gasteiger partial charge in [0.15, 0.2) is 0 Å². The number of anilines is 1. The third-order valence-corrected chi connectivity index (χ3v) is 3.02. The Hall–Kier alpha value is -2.57. The molecule has 0 bridgehead atoms. The van der Waals surface area contributed by atoms with Crippen molar-refractivity contribution in [1.29, 1.82) is 5.41 Å². The molecule has 0 radical (unpaired) electrons. The fourth-order valence-electron chi connectivity index (χ4n) is 1.97. The number of benzene rings is 1. The molecule has 0 fully saturated rings. The highest BCUT2D eigenvalue weighted by Gasteiger charge is 2.28. The van der Waals surface area contributed by atoms with Gasteiger partial charge in [-0.1, -0.05) is 19.1 Å². The summed E-state index contributed by atoms with van der Waals surface area (Å²) in [5.41, 5.74) is 0.0384. The van der Waals surface area contributed by atoms with Crippen LogP contribution < -0.4 is 10.2 Å². The number of nitrogens with one attached hydrogen (secondary N) is 2. The van der Waals surface area contributed by atoms with Crippen LogP contribution in [0.1, 0.15) is 54.0 Å². The van der Waals surface area contributed by atoms with Crippen LogP contribution in [-0.4, -0.2) is 29.3 Å². The molecule has 1 aromatic rings. The van der Waals surface area contributed by atoms with Crippen LogP contribution in [0.2, 0.25) is 0 Å². The van der Waals surface area contributed by atoms with E-state index in [1.807, 2.05) is 19.1 Å². The van der Waals surface area contributed by atoms with Gasteiger partial charge in [0, 0.05) is 0 Å². The Balaban J connectivity index is 3.08. The molecule has 0 saturated heterocycles. The topological polar surface area (TPSA) is 91.7 Å². The predicted molar refractivity (Wildman–Crippen MR) is 102 cm³/mol. The highest BCUT2D eigenvalue weighted by Crippen LogP contribution is 2.19. The minimum atomic E-state index is -0.818. The average Bonchev–Trinajstić information content (AvgIpc) is 2.44. The first-order valence-corrected chi connectivity index (χ1v) is 8.53. The summed E-state index contributed by atoms with van der Waals surface area (Å²) in [4.78, 5) is 25.5. The number of aryl methyl sites for hydroxylation is 1. The van der Waals surface area contributed by atoms with E-state index in [1.165, 1.54) is 0 Å². The first kappa shape index (κ1) is 21.5. The van der Waals surface area contributed by atoms with Crippen LogP contribution in [0.5, 0.6) is 0 Å². The second-order valence-corrected chi connectivity index (χ2v) is 7.81. The summed E-state index contributed by atoms with van der Waals surface area (Å²) >= 11 is 0. The van der Waals surface area contributed by atoms with Crippen molar-refractivity contribution in [2.75, 3.05) is 4.90 Å².